The zero-order valence-corrected chi connectivity index (χ0v) is 14.9. The standard InChI is InChI=1S/C20H23N3O3/c1-15(24)16-2-4-17(5-3-16)21-20(26)14-22-10-12-23(13-11-22)18-6-8-19(25)9-7-18/h2-9,25H,10-14H2,1H3,(H,21,26)/p+1. The van der Waals surface area contributed by atoms with Crippen molar-refractivity contribution in [3.63, 3.8) is 0 Å². The number of nitrogens with zero attached hydrogens (tertiary/aromatic N) is 1. The third-order valence-corrected chi connectivity index (χ3v) is 4.67. The molecule has 1 saturated heterocycles. The van der Waals surface area contributed by atoms with E-state index in [9.17, 15) is 14.7 Å². The first kappa shape index (κ1) is 17.9. The van der Waals surface area contributed by atoms with Crippen LogP contribution in [0.15, 0.2) is 48.5 Å². The fourth-order valence-corrected chi connectivity index (χ4v) is 3.14. The lowest BCUT2D eigenvalue weighted by atomic mass is 10.1. The minimum absolute atomic E-state index is 0.0128. The molecule has 0 aliphatic carbocycles. The number of Topliss-reactive ketones (excluding diaryl/α,β-unsaturated/α-hetero) is 1. The summed E-state index contributed by atoms with van der Waals surface area (Å²) >= 11 is 0. The molecule has 1 aliphatic heterocycles. The molecule has 1 aliphatic rings. The average molecular weight is 354 g/mol. The molecule has 0 unspecified atom stereocenters. The number of anilines is 2. The second-order valence-corrected chi connectivity index (χ2v) is 6.61. The number of aromatic hydroxyl groups is 1. The summed E-state index contributed by atoms with van der Waals surface area (Å²) in [6, 6.07) is 14.2. The number of phenolic OH excluding ortho intramolecular Hbond substituents is 1. The maximum atomic E-state index is 12.2. The topological polar surface area (TPSA) is 74.1 Å². The van der Waals surface area contributed by atoms with Gasteiger partial charge in [-0.2, -0.15) is 0 Å². The van der Waals surface area contributed by atoms with Gasteiger partial charge in [0, 0.05) is 16.9 Å². The number of phenols is 1. The molecule has 0 bridgehead atoms. The molecular formula is C20H24N3O3+. The Labute approximate surface area is 153 Å². The van der Waals surface area contributed by atoms with E-state index < -0.39 is 0 Å². The van der Waals surface area contributed by atoms with Crippen molar-refractivity contribution < 1.29 is 19.6 Å². The molecule has 2 aromatic rings. The van der Waals surface area contributed by atoms with Crippen LogP contribution in [0.2, 0.25) is 0 Å². The van der Waals surface area contributed by atoms with E-state index in [1.165, 1.54) is 11.8 Å². The minimum atomic E-state index is -0.0198. The maximum absolute atomic E-state index is 12.2. The lowest BCUT2D eigenvalue weighted by Crippen LogP contribution is -3.15. The number of carbonyl (C=O) groups is 2. The first-order chi connectivity index (χ1) is 12.5. The van der Waals surface area contributed by atoms with Crippen LogP contribution in [-0.2, 0) is 4.79 Å². The molecule has 26 heavy (non-hydrogen) atoms. The van der Waals surface area contributed by atoms with Crippen LogP contribution in [0.3, 0.4) is 0 Å². The highest BCUT2D eigenvalue weighted by Gasteiger charge is 2.22. The Balaban J connectivity index is 1.47. The maximum Gasteiger partial charge on any atom is 0.279 e. The van der Waals surface area contributed by atoms with Gasteiger partial charge in [-0.3, -0.25) is 9.59 Å². The number of hydrogen-bond acceptors (Lipinski definition) is 4. The second-order valence-electron chi connectivity index (χ2n) is 6.61. The second kappa shape index (κ2) is 8.01. The van der Waals surface area contributed by atoms with Crippen molar-refractivity contribution in [3.8, 4) is 5.75 Å². The fourth-order valence-electron chi connectivity index (χ4n) is 3.14. The zero-order chi connectivity index (χ0) is 18.5. The average Bonchev–Trinajstić information content (AvgIpc) is 2.63. The molecule has 1 amide bonds. The highest BCUT2D eigenvalue weighted by molar-refractivity contribution is 5.95. The quantitative estimate of drug-likeness (QED) is 0.699. The SMILES string of the molecule is CC(=O)c1ccc(NC(=O)C[NH+]2CCN(c3ccc(O)cc3)CC2)cc1. The van der Waals surface area contributed by atoms with Crippen molar-refractivity contribution in [1.29, 1.82) is 0 Å². The number of piperazine rings is 1. The van der Waals surface area contributed by atoms with Crippen LogP contribution >= 0.6 is 0 Å². The fraction of sp³-hybridized carbons (Fsp3) is 0.300. The first-order valence-electron chi connectivity index (χ1n) is 8.79. The molecule has 0 spiro atoms. The molecule has 3 N–H and O–H groups in total. The molecule has 0 aromatic heterocycles. The van der Waals surface area contributed by atoms with Gasteiger partial charge >= 0.3 is 0 Å². The number of quaternary nitrogens is 1. The smallest absolute Gasteiger partial charge is 0.279 e. The molecule has 3 rings (SSSR count). The van der Waals surface area contributed by atoms with Gasteiger partial charge in [-0.25, -0.2) is 0 Å². The van der Waals surface area contributed by atoms with Crippen LogP contribution < -0.4 is 15.1 Å². The number of carbonyl (C=O) groups excluding carboxylic acids is 2. The van der Waals surface area contributed by atoms with E-state index in [1.54, 1.807) is 36.4 Å². The molecule has 6 nitrogen and oxygen atoms in total. The highest BCUT2D eigenvalue weighted by Crippen LogP contribution is 2.18. The summed E-state index contributed by atoms with van der Waals surface area (Å²) in [5, 5.41) is 12.3. The summed E-state index contributed by atoms with van der Waals surface area (Å²) in [5.74, 6) is 0.262. The van der Waals surface area contributed by atoms with Gasteiger partial charge in [0.25, 0.3) is 5.91 Å². The van der Waals surface area contributed by atoms with Gasteiger partial charge in [-0.15, -0.1) is 0 Å². The predicted octanol–water partition coefficient (Wildman–Crippen LogP) is 0.938. The number of rotatable bonds is 5. The van der Waals surface area contributed by atoms with Crippen molar-refractivity contribution in [3.05, 3.63) is 54.1 Å². The van der Waals surface area contributed by atoms with E-state index in [0.717, 1.165) is 31.9 Å². The van der Waals surface area contributed by atoms with Crippen LogP contribution in [0.4, 0.5) is 11.4 Å². The highest BCUT2D eigenvalue weighted by atomic mass is 16.3. The molecule has 0 atom stereocenters. The van der Waals surface area contributed by atoms with Crippen LogP contribution in [0.5, 0.6) is 5.75 Å². The van der Waals surface area contributed by atoms with Gasteiger partial charge in [-0.1, -0.05) is 0 Å². The monoisotopic (exact) mass is 354 g/mol. The lowest BCUT2D eigenvalue weighted by Gasteiger charge is -2.33. The molecule has 0 radical (unpaired) electrons. The van der Waals surface area contributed by atoms with Crippen molar-refractivity contribution in [2.24, 2.45) is 0 Å². The normalized spacial score (nSPS) is 14.9. The number of amides is 1. The van der Waals surface area contributed by atoms with Gasteiger partial charge in [-0.05, 0) is 55.5 Å². The Bertz CT molecular complexity index is 764. The molecule has 6 heteroatoms. The van der Waals surface area contributed by atoms with Gasteiger partial charge < -0.3 is 20.2 Å². The van der Waals surface area contributed by atoms with Crippen molar-refractivity contribution in [1.82, 2.24) is 0 Å². The largest absolute Gasteiger partial charge is 0.508 e. The first-order valence-corrected chi connectivity index (χ1v) is 8.79. The van der Waals surface area contributed by atoms with Crippen LogP contribution in [0, 0.1) is 0 Å². The zero-order valence-electron chi connectivity index (χ0n) is 14.9. The summed E-state index contributed by atoms with van der Waals surface area (Å²) in [5.41, 5.74) is 2.44. The lowest BCUT2D eigenvalue weighted by molar-refractivity contribution is -0.892. The van der Waals surface area contributed by atoms with Crippen LogP contribution in [0.1, 0.15) is 17.3 Å². The van der Waals surface area contributed by atoms with Crippen molar-refractivity contribution >= 4 is 23.1 Å². The Morgan fingerprint density at radius 2 is 1.65 bits per heavy atom. The van der Waals surface area contributed by atoms with Crippen LogP contribution in [-0.4, -0.2) is 49.5 Å². The Morgan fingerprint density at radius 3 is 2.23 bits per heavy atom. The van der Waals surface area contributed by atoms with E-state index in [2.05, 4.69) is 10.2 Å². The Hall–Kier alpha value is -2.86. The molecule has 1 fully saturated rings. The summed E-state index contributed by atoms with van der Waals surface area (Å²) in [4.78, 5) is 27.0. The van der Waals surface area contributed by atoms with Crippen LogP contribution in [0.25, 0.3) is 0 Å². The van der Waals surface area contributed by atoms with Gasteiger partial charge in [0.05, 0.1) is 26.2 Å². The van der Waals surface area contributed by atoms with Gasteiger partial charge in [0.2, 0.25) is 0 Å². The van der Waals surface area contributed by atoms with E-state index in [-0.39, 0.29) is 17.4 Å². The molecule has 0 saturated carbocycles. The summed E-state index contributed by atoms with van der Waals surface area (Å²) < 4.78 is 0. The third-order valence-electron chi connectivity index (χ3n) is 4.67. The molecule has 136 valence electrons. The Kier molecular flexibility index (Phi) is 5.53. The van der Waals surface area contributed by atoms with Crippen molar-refractivity contribution in [2.75, 3.05) is 42.9 Å². The Morgan fingerprint density at radius 1 is 1.04 bits per heavy atom. The molecule has 1 heterocycles. The third kappa shape index (κ3) is 4.61. The van der Waals surface area contributed by atoms with E-state index >= 15 is 0 Å². The van der Waals surface area contributed by atoms with E-state index in [1.807, 2.05) is 12.1 Å². The van der Waals surface area contributed by atoms with E-state index in [0.29, 0.717) is 17.8 Å². The van der Waals surface area contributed by atoms with Crippen molar-refractivity contribution in [2.45, 2.75) is 6.92 Å². The summed E-state index contributed by atoms with van der Waals surface area (Å²) in [7, 11) is 0. The summed E-state index contributed by atoms with van der Waals surface area (Å²) in [6.45, 7) is 5.48. The number of ketones is 1. The minimum Gasteiger partial charge on any atom is -0.508 e. The number of nitrogens with one attached hydrogen (secondary N) is 2. The number of benzene rings is 2. The molecular weight excluding hydrogens is 330 g/mol. The van der Waals surface area contributed by atoms with Gasteiger partial charge in [0.15, 0.2) is 12.3 Å². The summed E-state index contributed by atoms with van der Waals surface area (Å²) in [6.07, 6.45) is 0. The predicted molar refractivity (Wildman–Crippen MR) is 101 cm³/mol. The molecule has 2 aromatic carbocycles. The number of hydrogen-bond donors (Lipinski definition) is 3. The van der Waals surface area contributed by atoms with Gasteiger partial charge in [0.1, 0.15) is 5.75 Å². The van der Waals surface area contributed by atoms with E-state index in [4.69, 9.17) is 0 Å².